The Bertz CT molecular complexity index is 980. The van der Waals surface area contributed by atoms with E-state index in [4.69, 9.17) is 4.42 Å². The summed E-state index contributed by atoms with van der Waals surface area (Å²) in [6, 6.07) is 14.1. The molecule has 0 radical (unpaired) electrons. The van der Waals surface area contributed by atoms with Crippen LogP contribution in [0.4, 0.5) is 5.69 Å². The van der Waals surface area contributed by atoms with E-state index in [-0.39, 0.29) is 5.91 Å². The van der Waals surface area contributed by atoms with Crippen LogP contribution < -0.4 is 5.32 Å². The zero-order chi connectivity index (χ0) is 17.1. The van der Waals surface area contributed by atoms with Crippen LogP contribution in [-0.2, 0) is 0 Å². The number of nitrogens with one attached hydrogen (secondary N) is 1. The molecular formula is C16H11N7O2. The molecule has 2 aromatic heterocycles. The van der Waals surface area contributed by atoms with Crippen LogP contribution >= 0.6 is 0 Å². The zero-order valence-electron chi connectivity index (χ0n) is 12.8. The molecule has 2 aromatic carbocycles. The fourth-order valence-electron chi connectivity index (χ4n) is 2.28. The Balaban J connectivity index is 1.51. The Hall–Kier alpha value is -3.88. The number of nitrogens with zero attached hydrogens (tertiary/aromatic N) is 6. The third kappa shape index (κ3) is 3.11. The van der Waals surface area contributed by atoms with Crippen molar-refractivity contribution in [2.45, 2.75) is 0 Å². The van der Waals surface area contributed by atoms with Crippen molar-refractivity contribution in [3.05, 3.63) is 66.8 Å². The van der Waals surface area contributed by atoms with E-state index < -0.39 is 0 Å². The summed E-state index contributed by atoms with van der Waals surface area (Å²) >= 11 is 0. The van der Waals surface area contributed by atoms with Crippen LogP contribution in [0.25, 0.3) is 17.1 Å². The maximum absolute atomic E-state index is 12.4. The summed E-state index contributed by atoms with van der Waals surface area (Å²) in [4.78, 5) is 12.4. The van der Waals surface area contributed by atoms with Gasteiger partial charge in [-0.25, -0.2) is 4.68 Å². The van der Waals surface area contributed by atoms with Crippen molar-refractivity contribution in [3.63, 3.8) is 0 Å². The first-order valence-corrected chi connectivity index (χ1v) is 7.31. The highest BCUT2D eigenvalue weighted by atomic mass is 16.4. The summed E-state index contributed by atoms with van der Waals surface area (Å²) in [7, 11) is 0. The minimum absolute atomic E-state index is 0.231. The largest absolute Gasteiger partial charge is 0.423 e. The van der Waals surface area contributed by atoms with Crippen molar-refractivity contribution in [1.82, 2.24) is 30.4 Å². The number of carbonyl (C=O) groups excluding carboxylic acids is 1. The normalized spacial score (nSPS) is 10.6. The lowest BCUT2D eigenvalue weighted by Crippen LogP contribution is -2.12. The zero-order valence-corrected chi connectivity index (χ0v) is 12.8. The van der Waals surface area contributed by atoms with E-state index in [1.807, 2.05) is 6.07 Å². The Labute approximate surface area is 141 Å². The molecule has 0 saturated carbocycles. The molecule has 0 atom stereocenters. The third-order valence-electron chi connectivity index (χ3n) is 3.47. The molecule has 0 aliphatic rings. The van der Waals surface area contributed by atoms with Crippen molar-refractivity contribution in [1.29, 1.82) is 0 Å². The van der Waals surface area contributed by atoms with Crippen molar-refractivity contribution in [3.8, 4) is 17.1 Å². The summed E-state index contributed by atoms with van der Waals surface area (Å²) in [5.41, 5.74) is 2.63. The predicted molar refractivity (Wildman–Crippen MR) is 86.8 cm³/mol. The van der Waals surface area contributed by atoms with Crippen molar-refractivity contribution >= 4 is 11.6 Å². The molecule has 0 fully saturated rings. The number of benzene rings is 2. The Kier molecular flexibility index (Phi) is 3.71. The number of carbonyl (C=O) groups is 1. The van der Waals surface area contributed by atoms with E-state index >= 15 is 0 Å². The van der Waals surface area contributed by atoms with E-state index in [0.717, 1.165) is 11.3 Å². The van der Waals surface area contributed by atoms with Gasteiger partial charge in [0, 0.05) is 16.8 Å². The van der Waals surface area contributed by atoms with Crippen molar-refractivity contribution in [2.75, 3.05) is 5.32 Å². The van der Waals surface area contributed by atoms with E-state index in [2.05, 4.69) is 31.0 Å². The maximum Gasteiger partial charge on any atom is 0.255 e. The minimum Gasteiger partial charge on any atom is -0.423 e. The first-order chi connectivity index (χ1) is 12.3. The fourth-order valence-corrected chi connectivity index (χ4v) is 2.28. The number of rotatable bonds is 4. The van der Waals surface area contributed by atoms with Crippen LogP contribution in [0.5, 0.6) is 0 Å². The van der Waals surface area contributed by atoms with Crippen molar-refractivity contribution < 1.29 is 9.21 Å². The van der Waals surface area contributed by atoms with Crippen LogP contribution in [0, 0.1) is 0 Å². The molecular weight excluding hydrogens is 322 g/mol. The number of hydrogen-bond acceptors (Lipinski definition) is 7. The average Bonchev–Trinajstić information content (AvgIpc) is 3.36. The molecule has 4 aromatic rings. The number of aromatic nitrogens is 6. The van der Waals surface area contributed by atoms with Gasteiger partial charge in [0.15, 0.2) is 0 Å². The second-order valence-electron chi connectivity index (χ2n) is 5.08. The van der Waals surface area contributed by atoms with E-state index in [1.54, 1.807) is 42.5 Å². The highest BCUT2D eigenvalue weighted by Gasteiger charge is 2.09. The molecule has 1 amide bonds. The lowest BCUT2D eigenvalue weighted by atomic mass is 10.1. The van der Waals surface area contributed by atoms with Gasteiger partial charge < -0.3 is 9.73 Å². The predicted octanol–water partition coefficient (Wildman–Crippen LogP) is 1.96. The summed E-state index contributed by atoms with van der Waals surface area (Å²) in [6.07, 6.45) is 2.74. The van der Waals surface area contributed by atoms with Gasteiger partial charge in [-0.2, -0.15) is 0 Å². The SMILES string of the molecule is O=C(Nc1cccc(-c2nnco2)c1)c1ccc(-n2cnnn2)cc1. The fraction of sp³-hybridized carbons (Fsp3) is 0. The first kappa shape index (κ1) is 14.7. The smallest absolute Gasteiger partial charge is 0.255 e. The first-order valence-electron chi connectivity index (χ1n) is 7.31. The van der Waals surface area contributed by atoms with E-state index in [0.29, 0.717) is 17.1 Å². The van der Waals surface area contributed by atoms with Gasteiger partial charge in [-0.05, 0) is 52.9 Å². The monoisotopic (exact) mass is 333 g/mol. The lowest BCUT2D eigenvalue weighted by molar-refractivity contribution is 0.102. The van der Waals surface area contributed by atoms with Crippen molar-refractivity contribution in [2.24, 2.45) is 0 Å². The molecule has 0 spiro atoms. The highest BCUT2D eigenvalue weighted by Crippen LogP contribution is 2.21. The van der Waals surface area contributed by atoms with Crippen LogP contribution in [0.1, 0.15) is 10.4 Å². The molecule has 0 aliphatic heterocycles. The molecule has 0 aliphatic carbocycles. The second-order valence-corrected chi connectivity index (χ2v) is 5.08. The molecule has 1 N–H and O–H groups in total. The molecule has 122 valence electrons. The maximum atomic E-state index is 12.4. The molecule has 25 heavy (non-hydrogen) atoms. The van der Waals surface area contributed by atoms with E-state index in [1.165, 1.54) is 17.4 Å². The van der Waals surface area contributed by atoms with Gasteiger partial charge in [-0.3, -0.25) is 4.79 Å². The molecule has 0 saturated heterocycles. The minimum atomic E-state index is -0.231. The Morgan fingerprint density at radius 2 is 1.96 bits per heavy atom. The Morgan fingerprint density at radius 1 is 1.08 bits per heavy atom. The number of hydrogen-bond donors (Lipinski definition) is 1. The van der Waals surface area contributed by atoms with Gasteiger partial charge in [-0.1, -0.05) is 6.07 Å². The molecule has 9 nitrogen and oxygen atoms in total. The van der Waals surface area contributed by atoms with Gasteiger partial charge in [-0.15, -0.1) is 15.3 Å². The quantitative estimate of drug-likeness (QED) is 0.607. The number of tetrazole rings is 1. The molecule has 0 bridgehead atoms. The summed E-state index contributed by atoms with van der Waals surface area (Å²) < 4.78 is 6.67. The molecule has 0 unspecified atom stereocenters. The van der Waals surface area contributed by atoms with Gasteiger partial charge in [0.05, 0.1) is 5.69 Å². The topological polar surface area (TPSA) is 112 Å². The second kappa shape index (κ2) is 6.32. The lowest BCUT2D eigenvalue weighted by Gasteiger charge is -2.07. The van der Waals surface area contributed by atoms with Gasteiger partial charge in [0.1, 0.15) is 6.33 Å². The molecule has 9 heteroatoms. The number of amides is 1. The van der Waals surface area contributed by atoms with Gasteiger partial charge in [0.2, 0.25) is 12.3 Å². The third-order valence-corrected chi connectivity index (χ3v) is 3.47. The molecule has 4 rings (SSSR count). The summed E-state index contributed by atoms with van der Waals surface area (Å²) in [5, 5.41) is 21.3. The van der Waals surface area contributed by atoms with Crippen LogP contribution in [0.2, 0.25) is 0 Å². The Morgan fingerprint density at radius 3 is 2.68 bits per heavy atom. The highest BCUT2D eigenvalue weighted by molar-refractivity contribution is 6.04. The van der Waals surface area contributed by atoms with Crippen LogP contribution in [0.15, 0.2) is 65.7 Å². The molecule has 2 heterocycles. The van der Waals surface area contributed by atoms with Crippen LogP contribution in [0.3, 0.4) is 0 Å². The number of anilines is 1. The van der Waals surface area contributed by atoms with Gasteiger partial charge in [0.25, 0.3) is 5.91 Å². The van der Waals surface area contributed by atoms with Gasteiger partial charge >= 0.3 is 0 Å². The summed E-state index contributed by atoms with van der Waals surface area (Å²) in [5.74, 6) is 0.160. The van der Waals surface area contributed by atoms with E-state index in [9.17, 15) is 4.79 Å². The standard InChI is InChI=1S/C16H11N7O2/c24-15(11-4-6-14(7-5-11)23-9-17-21-22-23)19-13-3-1-2-12(8-13)16-20-18-10-25-16/h1-10H,(H,19,24). The summed E-state index contributed by atoms with van der Waals surface area (Å²) in [6.45, 7) is 0. The van der Waals surface area contributed by atoms with Crippen LogP contribution in [-0.4, -0.2) is 36.3 Å². The average molecular weight is 333 g/mol.